The minimum atomic E-state index is -1.48. The summed E-state index contributed by atoms with van der Waals surface area (Å²) in [6.45, 7) is -0.465. The highest BCUT2D eigenvalue weighted by Crippen LogP contribution is 2.34. The molecule has 0 heterocycles. The molecule has 5 amide bonds. The van der Waals surface area contributed by atoms with Crippen LogP contribution in [-0.4, -0.2) is 52.2 Å². The van der Waals surface area contributed by atoms with Crippen LogP contribution in [0.2, 0.25) is 0 Å². The molecular formula is C52H51N5O8. The molecule has 0 bridgehead atoms. The van der Waals surface area contributed by atoms with Crippen LogP contribution < -0.4 is 26.7 Å². The zero-order chi connectivity index (χ0) is 46.3. The smallest absolute Gasteiger partial charge is 0.267 e. The summed E-state index contributed by atoms with van der Waals surface area (Å²) in [5, 5.41) is 29.0. The summed E-state index contributed by atoms with van der Waals surface area (Å²) in [6, 6.07) is 51.6. The standard InChI is InChI=1S/C28H30N2O4.C24H21N3O4/c31-21-25(32)19-11-4-12-20-28(22-13-5-1-6-14-22,26(33)29-23-15-7-2-8-16-23)27(34)30-24-17-9-3-10-18-24;28-21(27-31)15-14-17-8-7-9-18(16-17)22(23(29)25-19-10-3-1-4-11-19)24(30)26-20-12-5-2-6-13-20/h1-3,5-10,13-18,31H,4,11-12,19-21H2,(H,29,33)(H,30,34);1-16,22,31H,(H,25,29)(H,26,30)(H,27,28)/b;15-14+. The van der Waals surface area contributed by atoms with Gasteiger partial charge in [-0.15, -0.1) is 0 Å². The van der Waals surface area contributed by atoms with Gasteiger partial charge < -0.3 is 26.4 Å². The van der Waals surface area contributed by atoms with Crippen molar-refractivity contribution in [2.24, 2.45) is 0 Å². The van der Waals surface area contributed by atoms with E-state index in [1.165, 1.54) is 11.6 Å². The van der Waals surface area contributed by atoms with Gasteiger partial charge in [0.05, 0.1) is 0 Å². The van der Waals surface area contributed by atoms with Crippen LogP contribution in [0.25, 0.3) is 6.08 Å². The largest absolute Gasteiger partial charge is 0.389 e. The maximum Gasteiger partial charge on any atom is 0.267 e. The summed E-state index contributed by atoms with van der Waals surface area (Å²) < 4.78 is 0. The number of hydrogen-bond donors (Lipinski definition) is 7. The molecule has 0 aliphatic rings. The minimum Gasteiger partial charge on any atom is -0.389 e. The van der Waals surface area contributed by atoms with Gasteiger partial charge in [-0.25, -0.2) is 5.48 Å². The van der Waals surface area contributed by atoms with Crippen LogP contribution >= 0.6 is 0 Å². The predicted octanol–water partition coefficient (Wildman–Crippen LogP) is 8.28. The van der Waals surface area contributed by atoms with E-state index >= 15 is 0 Å². The third-order valence-electron chi connectivity index (χ3n) is 10.2. The lowest BCUT2D eigenvalue weighted by Gasteiger charge is -2.32. The van der Waals surface area contributed by atoms with Gasteiger partial charge >= 0.3 is 0 Å². The Balaban J connectivity index is 0.000000245. The fourth-order valence-corrected chi connectivity index (χ4v) is 6.89. The van der Waals surface area contributed by atoms with Crippen LogP contribution in [-0.2, 0) is 34.2 Å². The maximum atomic E-state index is 13.8. The molecule has 0 saturated carbocycles. The molecule has 7 N–H and O–H groups in total. The molecule has 65 heavy (non-hydrogen) atoms. The fraction of sp³-hybridized carbons (Fsp3) is 0.154. The van der Waals surface area contributed by atoms with Crippen molar-refractivity contribution in [3.63, 3.8) is 0 Å². The Kier molecular flexibility index (Phi) is 18.6. The van der Waals surface area contributed by atoms with Gasteiger partial charge in [0.2, 0.25) is 23.6 Å². The van der Waals surface area contributed by atoms with Gasteiger partial charge in [-0.2, -0.15) is 0 Å². The number of hydroxylamine groups is 1. The molecule has 0 aliphatic heterocycles. The molecule has 6 rings (SSSR count). The highest BCUT2D eigenvalue weighted by Gasteiger charge is 2.47. The van der Waals surface area contributed by atoms with Crippen LogP contribution in [0.3, 0.4) is 0 Å². The van der Waals surface area contributed by atoms with Crippen LogP contribution in [0.5, 0.6) is 0 Å². The molecule has 13 heteroatoms. The minimum absolute atomic E-state index is 0.210. The summed E-state index contributed by atoms with van der Waals surface area (Å²) in [4.78, 5) is 76.5. The zero-order valence-corrected chi connectivity index (χ0v) is 35.6. The number of carbonyl (C=O) groups excluding carboxylic acids is 6. The molecule has 0 saturated heterocycles. The van der Waals surface area contributed by atoms with Gasteiger partial charge in [0.15, 0.2) is 11.2 Å². The topological polar surface area (TPSA) is 203 Å². The number of hydrogen-bond acceptors (Lipinski definition) is 8. The first-order valence-electron chi connectivity index (χ1n) is 21.0. The number of aliphatic hydroxyl groups is 1. The van der Waals surface area contributed by atoms with E-state index in [0.29, 0.717) is 58.7 Å². The van der Waals surface area contributed by atoms with Crippen molar-refractivity contribution in [1.82, 2.24) is 5.48 Å². The van der Waals surface area contributed by atoms with Crippen molar-refractivity contribution in [3.8, 4) is 0 Å². The highest BCUT2D eigenvalue weighted by molar-refractivity contribution is 6.19. The van der Waals surface area contributed by atoms with E-state index in [4.69, 9.17) is 10.3 Å². The first kappa shape index (κ1) is 48.0. The van der Waals surface area contributed by atoms with E-state index in [2.05, 4.69) is 21.3 Å². The van der Waals surface area contributed by atoms with Crippen LogP contribution in [0.4, 0.5) is 22.7 Å². The quantitative estimate of drug-likeness (QED) is 0.0138. The van der Waals surface area contributed by atoms with Crippen LogP contribution in [0.15, 0.2) is 182 Å². The molecule has 0 aromatic heterocycles. The number of carbonyl (C=O) groups is 6. The summed E-state index contributed by atoms with van der Waals surface area (Å²) in [7, 11) is 0. The molecule has 332 valence electrons. The number of para-hydroxylation sites is 4. The average Bonchev–Trinajstić information content (AvgIpc) is 3.33. The number of benzene rings is 6. The SMILES string of the molecule is O=C(/C=C/c1cccc(C(C(=O)Nc2ccccc2)C(=O)Nc2ccccc2)c1)NO.O=C(CO)CCCCCC(C(=O)Nc1ccccc1)(C(=O)Nc1ccccc1)c1ccccc1. The maximum absolute atomic E-state index is 13.8. The average molecular weight is 874 g/mol. The molecule has 0 atom stereocenters. The lowest BCUT2D eigenvalue weighted by molar-refractivity contribution is -0.132. The first-order valence-corrected chi connectivity index (χ1v) is 21.0. The molecule has 0 fully saturated rings. The molecule has 0 spiro atoms. The molecule has 6 aromatic carbocycles. The Morgan fingerprint density at radius 3 is 1.42 bits per heavy atom. The second-order valence-corrected chi connectivity index (χ2v) is 14.8. The van der Waals surface area contributed by atoms with Crippen molar-refractivity contribution in [1.29, 1.82) is 0 Å². The number of aliphatic hydroxyl groups excluding tert-OH is 1. The fourth-order valence-electron chi connectivity index (χ4n) is 6.89. The lowest BCUT2D eigenvalue weighted by Crippen LogP contribution is -2.50. The van der Waals surface area contributed by atoms with E-state index in [-0.39, 0.29) is 18.6 Å². The summed E-state index contributed by atoms with van der Waals surface area (Å²) >= 11 is 0. The molecule has 0 unspecified atom stereocenters. The number of unbranched alkanes of at least 4 members (excludes halogenated alkanes) is 2. The molecule has 6 aromatic rings. The predicted molar refractivity (Wildman–Crippen MR) is 252 cm³/mol. The number of Topliss-reactive ketones (excluding diaryl/α,β-unsaturated/α-hetero) is 1. The highest BCUT2D eigenvalue weighted by atomic mass is 16.5. The van der Waals surface area contributed by atoms with Gasteiger partial charge in [0, 0.05) is 35.2 Å². The Bertz CT molecular complexity index is 2400. The van der Waals surface area contributed by atoms with Gasteiger partial charge in [-0.05, 0) is 84.1 Å². The second kappa shape index (κ2) is 25.2. The van der Waals surface area contributed by atoms with Gasteiger partial charge in [-0.1, -0.05) is 140 Å². The van der Waals surface area contributed by atoms with E-state index in [1.54, 1.807) is 109 Å². The Labute approximate surface area is 377 Å². The van der Waals surface area contributed by atoms with Crippen molar-refractivity contribution < 1.29 is 39.1 Å². The monoisotopic (exact) mass is 873 g/mol. The van der Waals surface area contributed by atoms with E-state index in [1.807, 2.05) is 66.7 Å². The molecular weight excluding hydrogens is 823 g/mol. The number of amides is 5. The summed E-state index contributed by atoms with van der Waals surface area (Å²) in [5.74, 6) is -3.85. The Hall–Kier alpha value is -8.00. The normalized spacial score (nSPS) is 10.8. The number of anilines is 4. The third kappa shape index (κ3) is 14.5. The van der Waals surface area contributed by atoms with Crippen LogP contribution in [0.1, 0.15) is 54.7 Å². The number of nitrogens with one attached hydrogen (secondary N) is 5. The second-order valence-electron chi connectivity index (χ2n) is 14.8. The van der Waals surface area contributed by atoms with Crippen LogP contribution in [0, 0.1) is 0 Å². The molecule has 0 aliphatic carbocycles. The van der Waals surface area contributed by atoms with Gasteiger partial charge in [-0.3, -0.25) is 34.0 Å². The van der Waals surface area contributed by atoms with Crippen molar-refractivity contribution >= 4 is 64.1 Å². The number of ketones is 1. The summed E-state index contributed by atoms with van der Waals surface area (Å²) in [5.41, 5.74) is 4.02. The van der Waals surface area contributed by atoms with E-state index < -0.39 is 47.5 Å². The van der Waals surface area contributed by atoms with Gasteiger partial charge in [0.25, 0.3) is 5.91 Å². The summed E-state index contributed by atoms with van der Waals surface area (Å²) in [6.07, 6.45) is 4.95. The van der Waals surface area contributed by atoms with Crippen molar-refractivity contribution in [2.75, 3.05) is 27.9 Å². The number of rotatable bonds is 19. The van der Waals surface area contributed by atoms with Gasteiger partial charge in [0.1, 0.15) is 12.5 Å². The Morgan fingerprint density at radius 1 is 0.523 bits per heavy atom. The lowest BCUT2D eigenvalue weighted by atomic mass is 9.74. The van der Waals surface area contributed by atoms with E-state index in [9.17, 15) is 28.8 Å². The molecule has 0 radical (unpaired) electrons. The third-order valence-corrected chi connectivity index (χ3v) is 10.2. The van der Waals surface area contributed by atoms with E-state index in [0.717, 1.165) is 6.08 Å². The van der Waals surface area contributed by atoms with Crippen molar-refractivity contribution in [3.05, 3.63) is 199 Å². The Morgan fingerprint density at radius 2 is 0.969 bits per heavy atom. The van der Waals surface area contributed by atoms with Crippen molar-refractivity contribution in [2.45, 2.75) is 43.4 Å². The molecule has 13 nitrogen and oxygen atoms in total. The zero-order valence-electron chi connectivity index (χ0n) is 35.6. The first-order chi connectivity index (χ1) is 31.6.